The summed E-state index contributed by atoms with van der Waals surface area (Å²) in [4.78, 5) is 3.73. The van der Waals surface area contributed by atoms with E-state index >= 15 is 0 Å². The van der Waals surface area contributed by atoms with E-state index in [9.17, 15) is 8.42 Å². The number of hydrogen-bond donors (Lipinski definition) is 0. The minimum atomic E-state index is -2.75. The second-order valence-electron chi connectivity index (χ2n) is 2.61. The molecule has 5 nitrogen and oxygen atoms in total. The molecule has 6 heteroatoms. The van der Waals surface area contributed by atoms with Crippen LogP contribution in [0.25, 0.3) is 0 Å². The van der Waals surface area contributed by atoms with Crippen LogP contribution in [0.2, 0.25) is 0 Å². The highest BCUT2D eigenvalue weighted by molar-refractivity contribution is 7.92. The molecule has 0 spiro atoms. The third kappa shape index (κ3) is 1.13. The number of sulfone groups is 1. The van der Waals surface area contributed by atoms with Crippen molar-refractivity contribution >= 4 is 9.84 Å². The van der Waals surface area contributed by atoms with Crippen molar-refractivity contribution in [3.8, 4) is 0 Å². The van der Waals surface area contributed by atoms with Crippen LogP contribution in [-0.4, -0.2) is 34.7 Å². The zero-order valence-electron chi connectivity index (χ0n) is 5.71. The predicted molar refractivity (Wildman–Crippen MR) is 37.7 cm³/mol. The van der Waals surface area contributed by atoms with Gasteiger partial charge in [0.05, 0.1) is 17.5 Å². The Bertz CT molecular complexity index is 330. The summed E-state index contributed by atoms with van der Waals surface area (Å²) in [5, 5.41) is 3.84. The number of aromatic nitrogens is 3. The quantitative estimate of drug-likeness (QED) is 0.560. The van der Waals surface area contributed by atoms with Crippen LogP contribution < -0.4 is 0 Å². The van der Waals surface area contributed by atoms with Gasteiger partial charge in [-0.05, 0) is 0 Å². The number of hydrogen-bond acceptors (Lipinski definition) is 4. The summed E-state index contributed by atoms with van der Waals surface area (Å²) in [6.07, 6.45) is 2.95. The van der Waals surface area contributed by atoms with Gasteiger partial charge in [-0.2, -0.15) is 5.10 Å². The van der Waals surface area contributed by atoms with Gasteiger partial charge in [0.1, 0.15) is 12.7 Å². The van der Waals surface area contributed by atoms with E-state index in [4.69, 9.17) is 0 Å². The molecule has 1 fully saturated rings. The Labute approximate surface area is 64.0 Å². The highest BCUT2D eigenvalue weighted by Crippen LogP contribution is 2.21. The van der Waals surface area contributed by atoms with Crippen LogP contribution in [0.15, 0.2) is 12.7 Å². The highest BCUT2D eigenvalue weighted by Gasteiger charge is 2.34. The fourth-order valence-electron chi connectivity index (χ4n) is 1.10. The highest BCUT2D eigenvalue weighted by atomic mass is 32.2. The summed E-state index contributed by atoms with van der Waals surface area (Å²) >= 11 is 0. The molecule has 0 saturated carbocycles. The monoisotopic (exact) mass is 173 g/mol. The molecule has 1 aliphatic heterocycles. The predicted octanol–water partition coefficient (Wildman–Crippen LogP) is -0.752. The Balaban J connectivity index is 2.14. The van der Waals surface area contributed by atoms with Crippen molar-refractivity contribution in [1.29, 1.82) is 0 Å². The minimum absolute atomic E-state index is 0.0162. The van der Waals surface area contributed by atoms with Crippen molar-refractivity contribution in [2.45, 2.75) is 6.04 Å². The van der Waals surface area contributed by atoms with Gasteiger partial charge in [0.2, 0.25) is 0 Å². The van der Waals surface area contributed by atoms with Gasteiger partial charge in [0.25, 0.3) is 0 Å². The Morgan fingerprint density at radius 2 is 2.18 bits per heavy atom. The van der Waals surface area contributed by atoms with Crippen molar-refractivity contribution in [1.82, 2.24) is 14.8 Å². The molecule has 0 amide bonds. The standard InChI is InChI=1S/C5H7N3O2S/c9-11(10)1-5(2-11)8-4-6-3-7-8/h3-5H,1-2H2. The largest absolute Gasteiger partial charge is 0.248 e. The van der Waals surface area contributed by atoms with E-state index in [-0.39, 0.29) is 17.5 Å². The van der Waals surface area contributed by atoms with Crippen LogP contribution >= 0.6 is 0 Å². The van der Waals surface area contributed by atoms with Crippen LogP contribution in [0.4, 0.5) is 0 Å². The number of rotatable bonds is 1. The third-order valence-corrected chi connectivity index (χ3v) is 3.49. The van der Waals surface area contributed by atoms with E-state index in [1.807, 2.05) is 0 Å². The topological polar surface area (TPSA) is 64.8 Å². The van der Waals surface area contributed by atoms with Gasteiger partial charge in [-0.3, -0.25) is 0 Å². The molecule has 0 N–H and O–H groups in total. The second-order valence-corrected chi connectivity index (χ2v) is 4.76. The van der Waals surface area contributed by atoms with E-state index in [1.165, 1.54) is 6.33 Å². The molecule has 0 radical (unpaired) electrons. The molecule has 11 heavy (non-hydrogen) atoms. The van der Waals surface area contributed by atoms with Gasteiger partial charge < -0.3 is 0 Å². The van der Waals surface area contributed by atoms with Gasteiger partial charge in [0.15, 0.2) is 9.84 Å². The molecule has 2 rings (SSSR count). The van der Waals surface area contributed by atoms with Crippen LogP contribution in [0.5, 0.6) is 0 Å². The lowest BCUT2D eigenvalue weighted by Gasteiger charge is -2.24. The third-order valence-electron chi connectivity index (χ3n) is 1.70. The summed E-state index contributed by atoms with van der Waals surface area (Å²) in [6.45, 7) is 0. The summed E-state index contributed by atoms with van der Waals surface area (Å²) in [5.74, 6) is 0.409. The molecule has 0 unspecified atom stereocenters. The molecule has 1 aliphatic rings. The summed E-state index contributed by atoms with van der Waals surface area (Å²) < 4.78 is 23.0. The zero-order chi connectivity index (χ0) is 7.90. The first-order valence-electron chi connectivity index (χ1n) is 3.22. The minimum Gasteiger partial charge on any atom is -0.248 e. The Morgan fingerprint density at radius 1 is 1.45 bits per heavy atom. The summed E-state index contributed by atoms with van der Waals surface area (Å²) in [5.41, 5.74) is 0. The maximum absolute atomic E-state index is 10.7. The second kappa shape index (κ2) is 2.04. The molecule has 1 saturated heterocycles. The lowest BCUT2D eigenvalue weighted by atomic mass is 10.4. The van der Waals surface area contributed by atoms with E-state index in [2.05, 4.69) is 10.1 Å². The fourth-order valence-corrected chi connectivity index (χ4v) is 2.48. The first-order valence-corrected chi connectivity index (χ1v) is 5.04. The summed E-state index contributed by atoms with van der Waals surface area (Å²) in [6, 6.07) is 0.0162. The lowest BCUT2D eigenvalue weighted by Crippen LogP contribution is -2.38. The van der Waals surface area contributed by atoms with Gasteiger partial charge in [0, 0.05) is 0 Å². The molecule has 1 aromatic rings. The maximum Gasteiger partial charge on any atom is 0.154 e. The Morgan fingerprint density at radius 3 is 2.64 bits per heavy atom. The molecule has 0 bridgehead atoms. The average molecular weight is 173 g/mol. The zero-order valence-corrected chi connectivity index (χ0v) is 6.53. The van der Waals surface area contributed by atoms with E-state index in [1.54, 1.807) is 11.0 Å². The molecule has 60 valence electrons. The Kier molecular flexibility index (Phi) is 1.26. The average Bonchev–Trinajstić information content (AvgIpc) is 2.32. The van der Waals surface area contributed by atoms with Crippen LogP contribution in [0, 0.1) is 0 Å². The molecule has 0 aliphatic carbocycles. The lowest BCUT2D eigenvalue weighted by molar-refractivity contribution is 0.472. The van der Waals surface area contributed by atoms with Gasteiger partial charge in [-0.15, -0.1) is 0 Å². The van der Waals surface area contributed by atoms with Crippen molar-refractivity contribution < 1.29 is 8.42 Å². The van der Waals surface area contributed by atoms with Gasteiger partial charge >= 0.3 is 0 Å². The molecule has 0 atom stereocenters. The number of nitrogens with zero attached hydrogens (tertiary/aromatic N) is 3. The van der Waals surface area contributed by atoms with E-state index in [0.717, 1.165) is 0 Å². The van der Waals surface area contributed by atoms with Crippen LogP contribution in [-0.2, 0) is 9.84 Å². The summed E-state index contributed by atoms with van der Waals surface area (Å²) in [7, 11) is -2.75. The molecule has 1 aromatic heterocycles. The molecular weight excluding hydrogens is 166 g/mol. The SMILES string of the molecule is O=S1(=O)CC(n2cncn2)C1. The first kappa shape index (κ1) is 6.78. The Hall–Kier alpha value is -0.910. The molecular formula is C5H7N3O2S. The van der Waals surface area contributed by atoms with Crippen molar-refractivity contribution in [3.63, 3.8) is 0 Å². The normalized spacial score (nSPS) is 22.9. The maximum atomic E-state index is 10.7. The van der Waals surface area contributed by atoms with Crippen LogP contribution in [0.1, 0.15) is 6.04 Å². The van der Waals surface area contributed by atoms with Gasteiger partial charge in [-0.25, -0.2) is 18.1 Å². The van der Waals surface area contributed by atoms with Crippen LogP contribution in [0.3, 0.4) is 0 Å². The molecule has 0 aromatic carbocycles. The smallest absolute Gasteiger partial charge is 0.154 e. The van der Waals surface area contributed by atoms with E-state index in [0.29, 0.717) is 0 Å². The van der Waals surface area contributed by atoms with Crippen molar-refractivity contribution in [3.05, 3.63) is 12.7 Å². The fraction of sp³-hybridized carbons (Fsp3) is 0.600. The van der Waals surface area contributed by atoms with Gasteiger partial charge in [-0.1, -0.05) is 0 Å². The molecule has 2 heterocycles. The van der Waals surface area contributed by atoms with Crippen molar-refractivity contribution in [2.75, 3.05) is 11.5 Å². The van der Waals surface area contributed by atoms with E-state index < -0.39 is 9.84 Å². The van der Waals surface area contributed by atoms with Crippen molar-refractivity contribution in [2.24, 2.45) is 0 Å². The first-order chi connectivity index (χ1) is 5.17.